The van der Waals surface area contributed by atoms with Gasteiger partial charge in [-0.25, -0.2) is 4.98 Å². The molecule has 0 bridgehead atoms. The van der Waals surface area contributed by atoms with Crippen LogP contribution in [-0.4, -0.2) is 35.0 Å². The maximum Gasteiger partial charge on any atom is 0.323 e. The number of aromatic nitrogens is 1. The molecule has 1 aliphatic carbocycles. The molecule has 5 heteroatoms. The third-order valence-electron chi connectivity index (χ3n) is 5.35. The first kappa shape index (κ1) is 15.1. The zero-order valence-corrected chi connectivity index (χ0v) is 14.2. The van der Waals surface area contributed by atoms with Gasteiger partial charge in [-0.1, -0.05) is 25.0 Å². The summed E-state index contributed by atoms with van der Waals surface area (Å²) in [6, 6.07) is 8.66. The lowest BCUT2D eigenvalue weighted by atomic mass is 9.85. The highest BCUT2D eigenvalue weighted by Gasteiger charge is 2.45. The Kier molecular flexibility index (Phi) is 4.07. The number of thiazole rings is 1. The Balaban J connectivity index is 1.61. The summed E-state index contributed by atoms with van der Waals surface area (Å²) in [5.41, 5.74) is 1.06. The molecular formula is C18H22N2O2S. The van der Waals surface area contributed by atoms with E-state index in [4.69, 9.17) is 9.72 Å². The zero-order valence-electron chi connectivity index (χ0n) is 13.4. The quantitative estimate of drug-likeness (QED) is 0.807. The van der Waals surface area contributed by atoms with Gasteiger partial charge in [0.15, 0.2) is 0 Å². The highest BCUT2D eigenvalue weighted by Crippen LogP contribution is 2.41. The monoisotopic (exact) mass is 330 g/mol. The molecule has 1 saturated carbocycles. The predicted molar refractivity (Wildman–Crippen MR) is 91.3 cm³/mol. The Labute approximate surface area is 140 Å². The van der Waals surface area contributed by atoms with Gasteiger partial charge in [0, 0.05) is 6.04 Å². The average Bonchev–Trinajstić information content (AvgIpc) is 3.15. The van der Waals surface area contributed by atoms with Crippen molar-refractivity contribution in [1.82, 2.24) is 9.88 Å². The number of benzene rings is 1. The van der Waals surface area contributed by atoms with Gasteiger partial charge in [-0.2, -0.15) is 0 Å². The SMILES string of the molecule is COC(=O)C1CC2CCCCC2N1Cc1nc2ccccc2s1. The van der Waals surface area contributed by atoms with E-state index in [2.05, 4.69) is 23.1 Å². The van der Waals surface area contributed by atoms with Crippen LogP contribution in [0.3, 0.4) is 0 Å². The topological polar surface area (TPSA) is 42.4 Å². The molecule has 4 rings (SSSR count). The lowest BCUT2D eigenvalue weighted by Crippen LogP contribution is -2.42. The highest BCUT2D eigenvalue weighted by molar-refractivity contribution is 7.18. The van der Waals surface area contributed by atoms with E-state index in [1.807, 2.05) is 6.07 Å². The highest BCUT2D eigenvalue weighted by atomic mass is 32.1. The van der Waals surface area contributed by atoms with Crippen molar-refractivity contribution in [2.45, 2.75) is 50.7 Å². The zero-order chi connectivity index (χ0) is 15.8. The number of likely N-dealkylation sites (tertiary alicyclic amines) is 1. The Hall–Kier alpha value is -1.46. The van der Waals surface area contributed by atoms with Crippen LogP contribution >= 0.6 is 11.3 Å². The fourth-order valence-electron chi connectivity index (χ4n) is 4.29. The van der Waals surface area contributed by atoms with Crippen LogP contribution in [0, 0.1) is 5.92 Å². The lowest BCUT2D eigenvalue weighted by molar-refractivity contribution is -0.146. The molecule has 1 aliphatic heterocycles. The molecule has 1 aromatic carbocycles. The van der Waals surface area contributed by atoms with E-state index in [-0.39, 0.29) is 12.0 Å². The number of nitrogens with zero attached hydrogens (tertiary/aromatic N) is 2. The molecule has 3 unspecified atom stereocenters. The van der Waals surface area contributed by atoms with Gasteiger partial charge in [0.2, 0.25) is 0 Å². The summed E-state index contributed by atoms with van der Waals surface area (Å²) in [5.74, 6) is 0.558. The minimum Gasteiger partial charge on any atom is -0.468 e. The van der Waals surface area contributed by atoms with Crippen molar-refractivity contribution in [1.29, 1.82) is 0 Å². The van der Waals surface area contributed by atoms with Crippen LogP contribution in [0.2, 0.25) is 0 Å². The minimum absolute atomic E-state index is 0.0829. The number of carbonyl (C=O) groups is 1. The fourth-order valence-corrected chi connectivity index (χ4v) is 5.27. The van der Waals surface area contributed by atoms with Crippen molar-refractivity contribution in [3.8, 4) is 0 Å². The van der Waals surface area contributed by atoms with Crippen LogP contribution in [-0.2, 0) is 16.1 Å². The maximum absolute atomic E-state index is 12.2. The van der Waals surface area contributed by atoms with Crippen LogP contribution < -0.4 is 0 Å². The molecule has 2 aromatic rings. The Morgan fingerprint density at radius 2 is 2.17 bits per heavy atom. The molecule has 0 amide bonds. The number of hydrogen-bond donors (Lipinski definition) is 0. The molecule has 3 atom stereocenters. The van der Waals surface area contributed by atoms with Gasteiger partial charge < -0.3 is 4.74 Å². The van der Waals surface area contributed by atoms with E-state index in [1.165, 1.54) is 37.5 Å². The van der Waals surface area contributed by atoms with Crippen LogP contribution in [0.5, 0.6) is 0 Å². The molecule has 1 saturated heterocycles. The van der Waals surface area contributed by atoms with Crippen LogP contribution in [0.15, 0.2) is 24.3 Å². The van der Waals surface area contributed by atoms with Crippen molar-refractivity contribution < 1.29 is 9.53 Å². The lowest BCUT2D eigenvalue weighted by Gasteiger charge is -2.32. The minimum atomic E-state index is -0.0971. The van der Waals surface area contributed by atoms with Crippen molar-refractivity contribution in [3.05, 3.63) is 29.3 Å². The number of carbonyl (C=O) groups excluding carboxylic acids is 1. The van der Waals surface area contributed by atoms with Crippen molar-refractivity contribution >= 4 is 27.5 Å². The third-order valence-corrected chi connectivity index (χ3v) is 6.37. The van der Waals surface area contributed by atoms with Gasteiger partial charge in [-0.15, -0.1) is 11.3 Å². The molecule has 1 aromatic heterocycles. The molecule has 2 aliphatic rings. The van der Waals surface area contributed by atoms with E-state index in [0.717, 1.165) is 23.5 Å². The smallest absolute Gasteiger partial charge is 0.323 e. The summed E-state index contributed by atoms with van der Waals surface area (Å²) in [6.45, 7) is 0.764. The van der Waals surface area contributed by atoms with Crippen molar-refractivity contribution in [3.63, 3.8) is 0 Å². The van der Waals surface area contributed by atoms with E-state index < -0.39 is 0 Å². The predicted octanol–water partition coefficient (Wildman–Crippen LogP) is 3.60. The number of hydrogen-bond acceptors (Lipinski definition) is 5. The Bertz CT molecular complexity index is 681. The van der Waals surface area contributed by atoms with E-state index in [0.29, 0.717) is 12.0 Å². The van der Waals surface area contributed by atoms with Gasteiger partial charge in [0.1, 0.15) is 11.0 Å². The second kappa shape index (κ2) is 6.21. The fraction of sp³-hybridized carbons (Fsp3) is 0.556. The summed E-state index contributed by atoms with van der Waals surface area (Å²) in [6.07, 6.45) is 5.95. The van der Waals surface area contributed by atoms with E-state index in [9.17, 15) is 4.79 Å². The average molecular weight is 330 g/mol. The molecule has 4 nitrogen and oxygen atoms in total. The summed E-state index contributed by atoms with van der Waals surface area (Å²) in [4.78, 5) is 19.4. The first-order chi connectivity index (χ1) is 11.3. The van der Waals surface area contributed by atoms with Crippen molar-refractivity contribution in [2.75, 3.05) is 7.11 Å². The third kappa shape index (κ3) is 2.76. The molecule has 0 N–H and O–H groups in total. The largest absolute Gasteiger partial charge is 0.468 e. The van der Waals surface area contributed by atoms with Crippen LogP contribution in [0.4, 0.5) is 0 Å². The molecule has 0 spiro atoms. The number of rotatable bonds is 3. The second-order valence-electron chi connectivity index (χ2n) is 6.63. The molecular weight excluding hydrogens is 308 g/mol. The maximum atomic E-state index is 12.2. The van der Waals surface area contributed by atoms with Gasteiger partial charge in [0.25, 0.3) is 0 Å². The standard InChI is InChI=1S/C18H22N2O2S/c1-22-18(21)15-10-12-6-2-4-8-14(12)20(15)11-17-19-13-7-3-5-9-16(13)23-17/h3,5,7,9,12,14-15H,2,4,6,8,10-11H2,1H3. The van der Waals surface area contributed by atoms with Crippen LogP contribution in [0.25, 0.3) is 10.2 Å². The summed E-state index contributed by atoms with van der Waals surface area (Å²) >= 11 is 1.74. The first-order valence-electron chi connectivity index (χ1n) is 8.44. The number of para-hydroxylation sites is 1. The Morgan fingerprint density at radius 1 is 1.35 bits per heavy atom. The normalized spacial score (nSPS) is 28.0. The Morgan fingerprint density at radius 3 is 3.00 bits per heavy atom. The molecule has 2 fully saturated rings. The summed E-state index contributed by atoms with van der Waals surface area (Å²) in [5, 5.41) is 1.10. The number of fused-ring (bicyclic) bond motifs is 2. The van der Waals surface area contributed by atoms with Gasteiger partial charge >= 0.3 is 5.97 Å². The molecule has 122 valence electrons. The number of ether oxygens (including phenoxy) is 1. The van der Waals surface area contributed by atoms with Gasteiger partial charge in [0.05, 0.1) is 23.9 Å². The van der Waals surface area contributed by atoms with E-state index in [1.54, 1.807) is 11.3 Å². The molecule has 2 heterocycles. The number of methoxy groups -OCH3 is 1. The summed E-state index contributed by atoms with van der Waals surface area (Å²) < 4.78 is 6.29. The van der Waals surface area contributed by atoms with E-state index >= 15 is 0 Å². The second-order valence-corrected chi connectivity index (χ2v) is 7.75. The molecule has 23 heavy (non-hydrogen) atoms. The summed E-state index contributed by atoms with van der Waals surface area (Å²) in [7, 11) is 1.50. The van der Waals surface area contributed by atoms with Crippen molar-refractivity contribution in [2.24, 2.45) is 5.92 Å². The van der Waals surface area contributed by atoms with Gasteiger partial charge in [-0.05, 0) is 37.3 Å². The number of esters is 1. The van der Waals surface area contributed by atoms with Gasteiger partial charge in [-0.3, -0.25) is 9.69 Å². The molecule has 0 radical (unpaired) electrons. The van der Waals surface area contributed by atoms with Crippen LogP contribution in [0.1, 0.15) is 37.1 Å². The first-order valence-corrected chi connectivity index (χ1v) is 9.26.